The van der Waals surface area contributed by atoms with Crippen LogP contribution in [0.3, 0.4) is 0 Å². The molecule has 90 valence electrons. The molecule has 0 N–H and O–H groups in total. The summed E-state index contributed by atoms with van der Waals surface area (Å²) in [6, 6.07) is 5.63. The van der Waals surface area contributed by atoms with Crippen LogP contribution in [0.1, 0.15) is 11.4 Å². The summed E-state index contributed by atoms with van der Waals surface area (Å²) in [7, 11) is 1.56. The van der Waals surface area contributed by atoms with Gasteiger partial charge < -0.3 is 9.30 Å². The van der Waals surface area contributed by atoms with E-state index in [0.29, 0.717) is 11.6 Å². The number of allylic oxidation sites excluding steroid dienone is 1. The number of nitriles is 1. The molecular weight excluding hydrogens is 228 g/mol. The van der Waals surface area contributed by atoms with E-state index in [1.54, 1.807) is 19.5 Å². The Morgan fingerprint density at radius 2 is 2.28 bits per heavy atom. The lowest BCUT2D eigenvalue weighted by Gasteiger charge is -2.08. The Hall–Kier alpha value is -2.61. The summed E-state index contributed by atoms with van der Waals surface area (Å²) in [6.45, 7) is 1.92. The van der Waals surface area contributed by atoms with Crippen molar-refractivity contribution in [3.63, 3.8) is 0 Å². The van der Waals surface area contributed by atoms with Gasteiger partial charge in [0.1, 0.15) is 5.69 Å². The fourth-order valence-corrected chi connectivity index (χ4v) is 1.56. The van der Waals surface area contributed by atoms with Gasteiger partial charge in [0.05, 0.1) is 30.9 Å². The molecule has 0 bridgehead atoms. The second kappa shape index (κ2) is 5.15. The van der Waals surface area contributed by atoms with Crippen molar-refractivity contribution in [3.05, 3.63) is 42.1 Å². The normalized spacial score (nSPS) is 10.5. The molecule has 0 fully saturated rings. The highest BCUT2D eigenvalue weighted by Crippen LogP contribution is 2.21. The maximum Gasteiger partial charge on any atom is 0.238 e. The highest BCUT2D eigenvalue weighted by molar-refractivity contribution is 5.53. The number of imidazole rings is 1. The van der Waals surface area contributed by atoms with Gasteiger partial charge in [0.15, 0.2) is 0 Å². The van der Waals surface area contributed by atoms with Crippen LogP contribution >= 0.6 is 0 Å². The molecule has 0 saturated heterocycles. The zero-order valence-corrected chi connectivity index (χ0v) is 10.2. The molecule has 0 aliphatic rings. The number of rotatable bonds is 3. The Bertz CT molecular complexity index is 622. The van der Waals surface area contributed by atoms with Crippen LogP contribution in [0.5, 0.6) is 5.88 Å². The fourth-order valence-electron chi connectivity index (χ4n) is 1.56. The molecule has 18 heavy (non-hydrogen) atoms. The first kappa shape index (κ1) is 11.9. The third-order valence-electron chi connectivity index (χ3n) is 2.37. The average Bonchev–Trinajstić information content (AvgIpc) is 2.82. The Labute approximate surface area is 105 Å². The molecule has 0 spiro atoms. The quantitative estimate of drug-likeness (QED) is 0.771. The summed E-state index contributed by atoms with van der Waals surface area (Å²) < 4.78 is 7.10. The van der Waals surface area contributed by atoms with E-state index in [9.17, 15) is 0 Å². The Morgan fingerprint density at radius 1 is 1.44 bits per heavy atom. The van der Waals surface area contributed by atoms with Crippen molar-refractivity contribution in [1.29, 1.82) is 5.26 Å². The third-order valence-corrected chi connectivity index (χ3v) is 2.37. The predicted molar refractivity (Wildman–Crippen MR) is 67.3 cm³/mol. The Kier molecular flexibility index (Phi) is 3.39. The average molecular weight is 240 g/mol. The van der Waals surface area contributed by atoms with Crippen molar-refractivity contribution in [1.82, 2.24) is 14.5 Å². The first-order chi connectivity index (χ1) is 8.74. The van der Waals surface area contributed by atoms with E-state index < -0.39 is 0 Å². The molecular formula is C13H12N4O. The van der Waals surface area contributed by atoms with Crippen LogP contribution < -0.4 is 4.74 Å². The fraction of sp³-hybridized carbons (Fsp3) is 0.154. The first-order valence-electron chi connectivity index (χ1n) is 5.37. The zero-order valence-electron chi connectivity index (χ0n) is 10.2. The minimum Gasteiger partial charge on any atom is -0.479 e. The minimum absolute atomic E-state index is 0.493. The Morgan fingerprint density at radius 3 is 2.89 bits per heavy atom. The lowest BCUT2D eigenvalue weighted by atomic mass is 10.3. The highest BCUT2D eigenvalue weighted by atomic mass is 16.5. The summed E-state index contributed by atoms with van der Waals surface area (Å²) in [6.07, 6.45) is 6.61. The van der Waals surface area contributed by atoms with E-state index >= 15 is 0 Å². The van der Waals surface area contributed by atoms with Crippen molar-refractivity contribution in [2.24, 2.45) is 0 Å². The van der Waals surface area contributed by atoms with E-state index in [0.717, 1.165) is 11.4 Å². The van der Waals surface area contributed by atoms with Crippen molar-refractivity contribution >= 4 is 6.08 Å². The van der Waals surface area contributed by atoms with Crippen molar-refractivity contribution in [2.45, 2.75) is 6.92 Å². The topological polar surface area (TPSA) is 63.7 Å². The maximum absolute atomic E-state index is 8.48. The number of hydrogen-bond acceptors (Lipinski definition) is 4. The number of ether oxygens (including phenoxy) is 1. The summed E-state index contributed by atoms with van der Waals surface area (Å²) in [5, 5.41) is 8.48. The predicted octanol–water partition coefficient (Wildman–Crippen LogP) is 2.12. The monoisotopic (exact) mass is 240 g/mol. The van der Waals surface area contributed by atoms with E-state index in [1.165, 1.54) is 6.08 Å². The molecule has 5 heteroatoms. The molecule has 0 saturated carbocycles. The first-order valence-corrected chi connectivity index (χ1v) is 5.37. The van der Waals surface area contributed by atoms with E-state index in [1.807, 2.05) is 35.9 Å². The smallest absolute Gasteiger partial charge is 0.238 e. The van der Waals surface area contributed by atoms with E-state index in [-0.39, 0.29) is 0 Å². The SMILES string of the molecule is COc1nc(/C=C/C#N)ccc1-n1cnc(C)c1. The van der Waals surface area contributed by atoms with Gasteiger partial charge in [-0.2, -0.15) is 5.26 Å². The largest absolute Gasteiger partial charge is 0.479 e. The molecule has 0 aromatic carbocycles. The molecule has 0 aliphatic heterocycles. The molecule has 0 unspecified atom stereocenters. The number of aromatic nitrogens is 3. The number of methoxy groups -OCH3 is 1. The van der Waals surface area contributed by atoms with E-state index in [4.69, 9.17) is 10.00 Å². The van der Waals surface area contributed by atoms with Gasteiger partial charge in [-0.05, 0) is 25.1 Å². The molecule has 0 atom stereocenters. The van der Waals surface area contributed by atoms with Gasteiger partial charge in [-0.25, -0.2) is 9.97 Å². The van der Waals surface area contributed by atoms with Gasteiger partial charge in [0, 0.05) is 12.3 Å². The number of hydrogen-bond donors (Lipinski definition) is 0. The lowest BCUT2D eigenvalue weighted by Crippen LogP contribution is -1.99. The molecule has 2 heterocycles. The molecule has 5 nitrogen and oxygen atoms in total. The van der Waals surface area contributed by atoms with Gasteiger partial charge >= 0.3 is 0 Å². The highest BCUT2D eigenvalue weighted by Gasteiger charge is 2.07. The van der Waals surface area contributed by atoms with Crippen LogP contribution in [-0.2, 0) is 0 Å². The minimum atomic E-state index is 0.493. The zero-order chi connectivity index (χ0) is 13.0. The summed E-state index contributed by atoms with van der Waals surface area (Å²) >= 11 is 0. The van der Waals surface area contributed by atoms with Gasteiger partial charge in [0.25, 0.3) is 0 Å². The Balaban J connectivity index is 2.44. The lowest BCUT2D eigenvalue weighted by molar-refractivity contribution is 0.395. The molecule has 0 aliphatic carbocycles. The van der Waals surface area contributed by atoms with E-state index in [2.05, 4.69) is 9.97 Å². The molecule has 2 aromatic rings. The summed E-state index contributed by atoms with van der Waals surface area (Å²) in [4.78, 5) is 8.47. The molecule has 0 radical (unpaired) electrons. The van der Waals surface area contributed by atoms with Crippen LogP contribution in [0.2, 0.25) is 0 Å². The van der Waals surface area contributed by atoms with Crippen LogP contribution in [0.15, 0.2) is 30.7 Å². The number of aryl methyl sites for hydroxylation is 1. The summed E-state index contributed by atoms with van der Waals surface area (Å²) in [5.74, 6) is 0.493. The van der Waals surface area contributed by atoms with Crippen molar-refractivity contribution in [2.75, 3.05) is 7.11 Å². The van der Waals surface area contributed by atoms with Gasteiger partial charge in [0.2, 0.25) is 5.88 Å². The van der Waals surface area contributed by atoms with Crippen LogP contribution in [0, 0.1) is 18.3 Å². The van der Waals surface area contributed by atoms with Crippen molar-refractivity contribution < 1.29 is 4.74 Å². The summed E-state index contributed by atoms with van der Waals surface area (Å²) in [5.41, 5.74) is 2.41. The maximum atomic E-state index is 8.48. The molecule has 0 amide bonds. The standard InChI is InChI=1S/C13H12N4O/c1-10-8-17(9-15-10)12-6-5-11(4-3-7-14)16-13(12)18-2/h3-6,8-9H,1-2H3/b4-3+. The second-order valence-electron chi connectivity index (χ2n) is 3.65. The number of pyridine rings is 1. The second-order valence-corrected chi connectivity index (χ2v) is 3.65. The number of nitrogens with zero attached hydrogens (tertiary/aromatic N) is 4. The van der Waals surface area contributed by atoms with Gasteiger partial charge in [-0.15, -0.1) is 0 Å². The third kappa shape index (κ3) is 2.38. The molecule has 2 rings (SSSR count). The van der Waals surface area contributed by atoms with Crippen LogP contribution in [-0.4, -0.2) is 21.6 Å². The van der Waals surface area contributed by atoms with Crippen LogP contribution in [0.4, 0.5) is 0 Å². The molecule has 2 aromatic heterocycles. The van der Waals surface area contributed by atoms with Gasteiger partial charge in [-0.3, -0.25) is 0 Å². The van der Waals surface area contributed by atoms with Gasteiger partial charge in [-0.1, -0.05) is 0 Å². The van der Waals surface area contributed by atoms with Crippen LogP contribution in [0.25, 0.3) is 11.8 Å². The van der Waals surface area contributed by atoms with Crippen molar-refractivity contribution in [3.8, 4) is 17.6 Å².